The second-order valence-corrected chi connectivity index (χ2v) is 7.00. The van der Waals surface area contributed by atoms with Crippen molar-refractivity contribution in [2.75, 3.05) is 5.75 Å². The van der Waals surface area contributed by atoms with E-state index in [2.05, 4.69) is 26.2 Å². The van der Waals surface area contributed by atoms with Gasteiger partial charge in [0.05, 0.1) is 5.03 Å². The number of rotatable bonds is 7. The molecule has 6 heteroatoms. The van der Waals surface area contributed by atoms with Gasteiger partial charge in [-0.15, -0.1) is 11.8 Å². The normalized spacial score (nSPS) is 18.0. The Morgan fingerprint density at radius 3 is 2.89 bits per heavy atom. The highest BCUT2D eigenvalue weighted by molar-refractivity contribution is 9.10. The number of nitrogens with zero attached hydrogens (tertiary/aromatic N) is 1. The number of carboxylic acids is 1. The van der Waals surface area contributed by atoms with Crippen LogP contribution in [0.2, 0.25) is 0 Å². The Kier molecular flexibility index (Phi) is 4.86. The maximum atomic E-state index is 11.4. The van der Waals surface area contributed by atoms with E-state index < -0.39 is 11.5 Å². The molecule has 19 heavy (non-hydrogen) atoms. The van der Waals surface area contributed by atoms with Crippen molar-refractivity contribution in [3.8, 4) is 0 Å². The van der Waals surface area contributed by atoms with Crippen LogP contribution in [0.1, 0.15) is 26.2 Å². The van der Waals surface area contributed by atoms with Gasteiger partial charge < -0.3 is 5.11 Å². The number of nitrogens with one attached hydrogen (secondary N) is 1. The van der Waals surface area contributed by atoms with Gasteiger partial charge >= 0.3 is 5.97 Å². The van der Waals surface area contributed by atoms with E-state index in [4.69, 9.17) is 0 Å². The monoisotopic (exact) mass is 344 g/mol. The van der Waals surface area contributed by atoms with Crippen LogP contribution in [0.25, 0.3) is 0 Å². The summed E-state index contributed by atoms with van der Waals surface area (Å²) in [6.07, 6.45) is 4.51. The number of hydrogen-bond acceptors (Lipinski definition) is 4. The third-order valence-electron chi connectivity index (χ3n) is 3.12. The minimum Gasteiger partial charge on any atom is -0.480 e. The summed E-state index contributed by atoms with van der Waals surface area (Å²) in [4.78, 5) is 15.6. The molecule has 1 saturated carbocycles. The van der Waals surface area contributed by atoms with Crippen molar-refractivity contribution in [1.29, 1.82) is 0 Å². The number of hydrogen-bond donors (Lipinski definition) is 2. The molecule has 1 aliphatic rings. The molecule has 0 saturated heterocycles. The molecule has 0 spiro atoms. The third-order valence-corrected chi connectivity index (χ3v) is 4.54. The van der Waals surface area contributed by atoms with Crippen LogP contribution < -0.4 is 5.32 Å². The molecule has 1 aromatic rings. The van der Waals surface area contributed by atoms with Gasteiger partial charge in [-0.25, -0.2) is 4.98 Å². The molecule has 2 N–H and O–H groups in total. The summed E-state index contributed by atoms with van der Waals surface area (Å²) in [7, 11) is 0. The molecule has 1 fully saturated rings. The van der Waals surface area contributed by atoms with Crippen LogP contribution in [-0.4, -0.2) is 33.4 Å². The first kappa shape index (κ1) is 14.8. The van der Waals surface area contributed by atoms with Crippen molar-refractivity contribution in [3.05, 3.63) is 22.8 Å². The minimum atomic E-state index is -0.830. The predicted octanol–water partition coefficient (Wildman–Crippen LogP) is 2.92. The Morgan fingerprint density at radius 1 is 1.63 bits per heavy atom. The van der Waals surface area contributed by atoms with Gasteiger partial charge in [0.25, 0.3) is 0 Å². The maximum absolute atomic E-state index is 11.4. The highest BCUT2D eigenvalue weighted by atomic mass is 79.9. The summed E-state index contributed by atoms with van der Waals surface area (Å²) in [6, 6.07) is 4.26. The highest BCUT2D eigenvalue weighted by Gasteiger charge is 2.37. The van der Waals surface area contributed by atoms with Gasteiger partial charge in [0, 0.05) is 22.5 Å². The van der Waals surface area contributed by atoms with Crippen LogP contribution in [-0.2, 0) is 4.79 Å². The van der Waals surface area contributed by atoms with E-state index in [0.717, 1.165) is 28.1 Å². The first-order valence-electron chi connectivity index (χ1n) is 6.25. The zero-order valence-electron chi connectivity index (χ0n) is 10.7. The lowest BCUT2D eigenvalue weighted by Crippen LogP contribution is -2.50. The van der Waals surface area contributed by atoms with E-state index in [1.807, 2.05) is 12.1 Å². The predicted molar refractivity (Wildman–Crippen MR) is 79.5 cm³/mol. The Morgan fingerprint density at radius 2 is 2.37 bits per heavy atom. The van der Waals surface area contributed by atoms with Crippen LogP contribution in [0.4, 0.5) is 0 Å². The summed E-state index contributed by atoms with van der Waals surface area (Å²) >= 11 is 4.92. The van der Waals surface area contributed by atoms with Crippen LogP contribution in [0.5, 0.6) is 0 Å². The van der Waals surface area contributed by atoms with E-state index in [0.29, 0.717) is 12.5 Å². The molecule has 0 bridgehead atoms. The second kappa shape index (κ2) is 6.24. The summed E-state index contributed by atoms with van der Waals surface area (Å²) in [6.45, 7) is 1.77. The van der Waals surface area contributed by atoms with E-state index >= 15 is 0 Å². The van der Waals surface area contributed by atoms with E-state index in [1.165, 1.54) is 0 Å². The molecule has 1 heterocycles. The quantitative estimate of drug-likeness (QED) is 0.744. The molecular weight excluding hydrogens is 328 g/mol. The van der Waals surface area contributed by atoms with Crippen molar-refractivity contribution in [2.45, 2.75) is 42.8 Å². The number of pyridine rings is 1. The lowest BCUT2D eigenvalue weighted by Gasteiger charge is -2.26. The average molecular weight is 345 g/mol. The van der Waals surface area contributed by atoms with Gasteiger partial charge in [0.2, 0.25) is 0 Å². The molecule has 0 radical (unpaired) electrons. The fraction of sp³-hybridized carbons (Fsp3) is 0.538. The van der Waals surface area contributed by atoms with Gasteiger partial charge in [-0.2, -0.15) is 0 Å². The standard InChI is InChI=1S/C13H17BrN2O2S/c1-13(12(17)18,16-10-3-4-10)6-7-19-11-5-2-9(14)8-15-11/h2,5,8,10,16H,3-4,6-7H2,1H3,(H,17,18). The van der Waals surface area contributed by atoms with Gasteiger partial charge in [0.1, 0.15) is 5.54 Å². The molecule has 0 aliphatic heterocycles. The molecule has 4 nitrogen and oxygen atoms in total. The van der Waals surface area contributed by atoms with Crippen molar-refractivity contribution in [1.82, 2.24) is 10.3 Å². The second-order valence-electron chi connectivity index (χ2n) is 4.97. The Bertz CT molecular complexity index is 450. The maximum Gasteiger partial charge on any atom is 0.323 e. The van der Waals surface area contributed by atoms with Crippen LogP contribution >= 0.6 is 27.7 Å². The Hall–Kier alpha value is -0.590. The van der Waals surface area contributed by atoms with Crippen molar-refractivity contribution < 1.29 is 9.90 Å². The van der Waals surface area contributed by atoms with E-state index in [1.54, 1.807) is 24.9 Å². The molecule has 0 amide bonds. The topological polar surface area (TPSA) is 62.2 Å². The number of aliphatic carboxylic acids is 1. The first-order valence-corrected chi connectivity index (χ1v) is 8.03. The van der Waals surface area contributed by atoms with Gasteiger partial charge in [-0.3, -0.25) is 10.1 Å². The molecule has 2 rings (SSSR count). The number of aromatic nitrogens is 1. The average Bonchev–Trinajstić information content (AvgIpc) is 3.15. The van der Waals surface area contributed by atoms with Crippen molar-refractivity contribution in [2.24, 2.45) is 0 Å². The molecule has 1 aliphatic carbocycles. The van der Waals surface area contributed by atoms with Gasteiger partial charge in [-0.05, 0) is 54.2 Å². The summed E-state index contributed by atoms with van der Waals surface area (Å²) < 4.78 is 0.947. The zero-order valence-corrected chi connectivity index (χ0v) is 13.1. The molecular formula is C13H17BrN2O2S. The lowest BCUT2D eigenvalue weighted by atomic mass is 9.99. The summed E-state index contributed by atoms with van der Waals surface area (Å²) in [5, 5.41) is 13.5. The van der Waals surface area contributed by atoms with E-state index in [-0.39, 0.29) is 0 Å². The van der Waals surface area contributed by atoms with Crippen molar-refractivity contribution >= 4 is 33.7 Å². The van der Waals surface area contributed by atoms with Crippen LogP contribution in [0.15, 0.2) is 27.8 Å². The van der Waals surface area contributed by atoms with Gasteiger partial charge in [-0.1, -0.05) is 0 Å². The lowest BCUT2D eigenvalue weighted by molar-refractivity contribution is -0.144. The molecule has 104 valence electrons. The smallest absolute Gasteiger partial charge is 0.323 e. The zero-order chi connectivity index (χ0) is 13.9. The molecule has 1 atom stereocenters. The first-order chi connectivity index (χ1) is 8.99. The SMILES string of the molecule is CC(CCSc1ccc(Br)cn1)(NC1CC1)C(=O)O. The number of thioether (sulfide) groups is 1. The molecule has 1 aromatic heterocycles. The van der Waals surface area contributed by atoms with Gasteiger partial charge in [0.15, 0.2) is 0 Å². The Labute approximate surface area is 125 Å². The number of halogens is 1. The van der Waals surface area contributed by atoms with Crippen molar-refractivity contribution in [3.63, 3.8) is 0 Å². The van der Waals surface area contributed by atoms with Crippen LogP contribution in [0.3, 0.4) is 0 Å². The van der Waals surface area contributed by atoms with E-state index in [9.17, 15) is 9.90 Å². The minimum absolute atomic E-state index is 0.386. The fourth-order valence-corrected chi connectivity index (χ4v) is 2.97. The third kappa shape index (κ3) is 4.47. The molecule has 0 aromatic carbocycles. The Balaban J connectivity index is 1.84. The summed E-state index contributed by atoms with van der Waals surface area (Å²) in [5.41, 5.74) is -0.830. The number of carboxylic acid groups (broad SMARTS) is 1. The van der Waals surface area contributed by atoms with Crippen LogP contribution in [0, 0.1) is 0 Å². The fourth-order valence-electron chi connectivity index (χ4n) is 1.73. The highest BCUT2D eigenvalue weighted by Crippen LogP contribution is 2.26. The number of carbonyl (C=O) groups is 1. The largest absolute Gasteiger partial charge is 0.480 e. The molecule has 1 unspecified atom stereocenters. The summed E-state index contributed by atoms with van der Waals surface area (Å²) in [5.74, 6) is -0.0410.